The molecule has 0 unspecified atom stereocenters. The Labute approximate surface area is 96.7 Å². The van der Waals surface area contributed by atoms with E-state index in [1.807, 2.05) is 37.3 Å². The molecule has 0 saturated carbocycles. The van der Waals surface area contributed by atoms with Crippen molar-refractivity contribution in [3.05, 3.63) is 30.3 Å². The van der Waals surface area contributed by atoms with Crippen LogP contribution >= 0.6 is 0 Å². The van der Waals surface area contributed by atoms with Crippen molar-refractivity contribution in [2.75, 3.05) is 18.0 Å². The van der Waals surface area contributed by atoms with Crippen LogP contribution in [0.15, 0.2) is 30.3 Å². The maximum absolute atomic E-state index is 11.1. The minimum Gasteiger partial charge on any atom is -0.481 e. The van der Waals surface area contributed by atoms with Crippen molar-refractivity contribution in [1.82, 2.24) is 0 Å². The maximum atomic E-state index is 11.1. The normalized spacial score (nSPS) is 11.2. The second-order valence-corrected chi connectivity index (χ2v) is 4.54. The number of hydrogen-bond acceptors (Lipinski definition) is 2. The van der Waals surface area contributed by atoms with Gasteiger partial charge in [-0.15, -0.1) is 0 Å². The molecule has 0 atom stereocenters. The van der Waals surface area contributed by atoms with Gasteiger partial charge in [-0.05, 0) is 32.9 Å². The molecular formula is C13H19NO2. The fraction of sp³-hybridized carbons (Fsp3) is 0.462. The molecule has 0 heterocycles. The van der Waals surface area contributed by atoms with Crippen LogP contribution in [0, 0.1) is 5.41 Å². The number of carboxylic acids is 1. The van der Waals surface area contributed by atoms with Gasteiger partial charge in [0.1, 0.15) is 0 Å². The summed E-state index contributed by atoms with van der Waals surface area (Å²) in [7, 11) is 0. The van der Waals surface area contributed by atoms with E-state index in [9.17, 15) is 4.79 Å². The molecular weight excluding hydrogens is 202 g/mol. The molecule has 0 aliphatic rings. The van der Waals surface area contributed by atoms with Crippen LogP contribution in [-0.2, 0) is 4.79 Å². The van der Waals surface area contributed by atoms with E-state index < -0.39 is 11.4 Å². The standard InChI is InChI=1S/C13H19NO2/c1-4-14(10-13(2,3)12(15)16)11-8-6-5-7-9-11/h5-9H,4,10H2,1-3H3,(H,15,16). The van der Waals surface area contributed by atoms with Crippen LogP contribution in [-0.4, -0.2) is 24.2 Å². The van der Waals surface area contributed by atoms with Crippen molar-refractivity contribution in [2.45, 2.75) is 20.8 Å². The molecule has 1 aromatic rings. The summed E-state index contributed by atoms with van der Waals surface area (Å²) in [6.07, 6.45) is 0. The third-order valence-electron chi connectivity index (χ3n) is 2.67. The number of carboxylic acid groups (broad SMARTS) is 1. The Morgan fingerprint density at radius 2 is 1.88 bits per heavy atom. The second kappa shape index (κ2) is 5.01. The fourth-order valence-corrected chi connectivity index (χ4v) is 1.57. The highest BCUT2D eigenvalue weighted by Gasteiger charge is 2.29. The first kappa shape index (κ1) is 12.6. The van der Waals surface area contributed by atoms with Gasteiger partial charge in [-0.1, -0.05) is 18.2 Å². The molecule has 0 spiro atoms. The number of hydrogen-bond donors (Lipinski definition) is 1. The number of aliphatic carboxylic acids is 1. The largest absolute Gasteiger partial charge is 0.481 e. The minimum absolute atomic E-state index is 0.517. The highest BCUT2D eigenvalue weighted by molar-refractivity contribution is 5.74. The van der Waals surface area contributed by atoms with Gasteiger partial charge in [0.15, 0.2) is 0 Å². The zero-order valence-corrected chi connectivity index (χ0v) is 10.1. The van der Waals surface area contributed by atoms with E-state index in [0.717, 1.165) is 12.2 Å². The van der Waals surface area contributed by atoms with Crippen molar-refractivity contribution in [3.8, 4) is 0 Å². The minimum atomic E-state index is -0.762. The lowest BCUT2D eigenvalue weighted by molar-refractivity contribution is -0.146. The van der Waals surface area contributed by atoms with Crippen LogP contribution < -0.4 is 4.90 Å². The predicted molar refractivity (Wildman–Crippen MR) is 65.7 cm³/mol. The highest BCUT2D eigenvalue weighted by Crippen LogP contribution is 2.22. The van der Waals surface area contributed by atoms with E-state index in [1.165, 1.54) is 0 Å². The van der Waals surface area contributed by atoms with Crippen LogP contribution in [0.2, 0.25) is 0 Å². The molecule has 0 bridgehead atoms. The molecule has 0 fully saturated rings. The molecule has 3 heteroatoms. The van der Waals surface area contributed by atoms with Gasteiger partial charge in [-0.3, -0.25) is 4.79 Å². The molecule has 0 aliphatic heterocycles. The first-order chi connectivity index (χ1) is 7.47. The van der Waals surface area contributed by atoms with Gasteiger partial charge < -0.3 is 10.0 Å². The molecule has 0 aromatic heterocycles. The number of nitrogens with zero attached hydrogens (tertiary/aromatic N) is 1. The third-order valence-corrected chi connectivity index (χ3v) is 2.67. The van der Waals surface area contributed by atoms with E-state index in [-0.39, 0.29) is 0 Å². The number of carbonyl (C=O) groups is 1. The summed E-state index contributed by atoms with van der Waals surface area (Å²) in [6.45, 7) is 6.86. The maximum Gasteiger partial charge on any atom is 0.310 e. The average molecular weight is 221 g/mol. The molecule has 0 aliphatic carbocycles. The number of para-hydroxylation sites is 1. The number of benzene rings is 1. The topological polar surface area (TPSA) is 40.5 Å². The monoisotopic (exact) mass is 221 g/mol. The zero-order chi connectivity index (χ0) is 12.2. The lowest BCUT2D eigenvalue weighted by Gasteiger charge is -2.30. The average Bonchev–Trinajstić information content (AvgIpc) is 2.27. The van der Waals surface area contributed by atoms with E-state index >= 15 is 0 Å². The van der Waals surface area contributed by atoms with Gasteiger partial charge >= 0.3 is 5.97 Å². The Morgan fingerprint density at radius 1 is 1.31 bits per heavy atom. The molecule has 1 N–H and O–H groups in total. The molecule has 16 heavy (non-hydrogen) atoms. The smallest absolute Gasteiger partial charge is 0.310 e. The van der Waals surface area contributed by atoms with Crippen LogP contribution in [0.25, 0.3) is 0 Å². The lowest BCUT2D eigenvalue weighted by atomic mass is 9.93. The molecule has 0 amide bonds. The van der Waals surface area contributed by atoms with Gasteiger partial charge in [0.25, 0.3) is 0 Å². The summed E-state index contributed by atoms with van der Waals surface area (Å²) >= 11 is 0. The summed E-state index contributed by atoms with van der Waals surface area (Å²) in [5.41, 5.74) is 0.339. The van der Waals surface area contributed by atoms with Crippen LogP contribution in [0.5, 0.6) is 0 Å². The summed E-state index contributed by atoms with van der Waals surface area (Å²) < 4.78 is 0. The highest BCUT2D eigenvalue weighted by atomic mass is 16.4. The van der Waals surface area contributed by atoms with Gasteiger partial charge in [0, 0.05) is 18.8 Å². The van der Waals surface area contributed by atoms with Crippen molar-refractivity contribution in [1.29, 1.82) is 0 Å². The lowest BCUT2D eigenvalue weighted by Crippen LogP contribution is -2.39. The Balaban J connectivity index is 2.81. The van der Waals surface area contributed by atoms with E-state index in [1.54, 1.807) is 13.8 Å². The Kier molecular flexibility index (Phi) is 3.93. The van der Waals surface area contributed by atoms with E-state index in [0.29, 0.717) is 6.54 Å². The molecule has 0 radical (unpaired) electrons. The zero-order valence-electron chi connectivity index (χ0n) is 10.1. The van der Waals surface area contributed by atoms with Crippen LogP contribution in [0.3, 0.4) is 0 Å². The van der Waals surface area contributed by atoms with E-state index in [4.69, 9.17) is 5.11 Å². The molecule has 0 saturated heterocycles. The second-order valence-electron chi connectivity index (χ2n) is 4.54. The molecule has 3 nitrogen and oxygen atoms in total. The summed E-state index contributed by atoms with van der Waals surface area (Å²) in [6, 6.07) is 9.89. The summed E-state index contributed by atoms with van der Waals surface area (Å²) in [5.74, 6) is -0.762. The van der Waals surface area contributed by atoms with Crippen molar-refractivity contribution in [2.24, 2.45) is 5.41 Å². The quantitative estimate of drug-likeness (QED) is 0.831. The summed E-state index contributed by atoms with van der Waals surface area (Å²) in [4.78, 5) is 13.2. The van der Waals surface area contributed by atoms with Crippen molar-refractivity contribution in [3.63, 3.8) is 0 Å². The van der Waals surface area contributed by atoms with Gasteiger partial charge in [-0.2, -0.15) is 0 Å². The summed E-state index contributed by atoms with van der Waals surface area (Å²) in [5, 5.41) is 9.11. The van der Waals surface area contributed by atoms with Gasteiger partial charge in [0.2, 0.25) is 0 Å². The van der Waals surface area contributed by atoms with Crippen LogP contribution in [0.1, 0.15) is 20.8 Å². The Bertz CT molecular complexity index is 346. The fourth-order valence-electron chi connectivity index (χ4n) is 1.57. The third kappa shape index (κ3) is 2.99. The Hall–Kier alpha value is -1.51. The van der Waals surface area contributed by atoms with Crippen molar-refractivity contribution < 1.29 is 9.90 Å². The molecule has 1 rings (SSSR count). The number of anilines is 1. The SMILES string of the molecule is CCN(CC(C)(C)C(=O)O)c1ccccc1. The Morgan fingerprint density at radius 3 is 2.31 bits per heavy atom. The molecule has 88 valence electrons. The van der Waals surface area contributed by atoms with Gasteiger partial charge in [0.05, 0.1) is 5.41 Å². The van der Waals surface area contributed by atoms with Gasteiger partial charge in [-0.25, -0.2) is 0 Å². The van der Waals surface area contributed by atoms with E-state index in [2.05, 4.69) is 4.90 Å². The first-order valence-corrected chi connectivity index (χ1v) is 5.51. The molecule has 1 aromatic carbocycles. The first-order valence-electron chi connectivity index (χ1n) is 5.51. The van der Waals surface area contributed by atoms with Crippen molar-refractivity contribution >= 4 is 11.7 Å². The predicted octanol–water partition coefficient (Wildman–Crippen LogP) is 2.62. The number of rotatable bonds is 5. The van der Waals surface area contributed by atoms with Crippen LogP contribution in [0.4, 0.5) is 5.69 Å².